The second kappa shape index (κ2) is 5.49. The van der Waals surface area contributed by atoms with Crippen molar-refractivity contribution >= 4 is 22.4 Å². The second-order valence-corrected chi connectivity index (χ2v) is 5.73. The van der Waals surface area contributed by atoms with Gasteiger partial charge in [0.05, 0.1) is 16.6 Å². The predicted molar refractivity (Wildman–Crippen MR) is 83.4 cm³/mol. The Morgan fingerprint density at radius 3 is 2.81 bits per heavy atom. The molecule has 0 aliphatic carbocycles. The third-order valence-electron chi connectivity index (χ3n) is 3.10. The smallest absolute Gasteiger partial charge is 0.260 e. The van der Waals surface area contributed by atoms with Crippen LogP contribution in [0, 0.1) is 6.92 Å². The molecule has 1 aromatic carbocycles. The number of carbonyl (C=O) groups is 1. The van der Waals surface area contributed by atoms with Gasteiger partial charge in [-0.15, -0.1) is 0 Å². The monoisotopic (exact) mass is 298 g/mol. The van der Waals surface area contributed by atoms with E-state index in [0.29, 0.717) is 10.7 Å². The molecule has 3 aromatic rings. The molecule has 2 aromatic heterocycles. The molecule has 0 aliphatic rings. The van der Waals surface area contributed by atoms with Crippen LogP contribution in [0.5, 0.6) is 0 Å². The predicted octanol–water partition coefficient (Wildman–Crippen LogP) is 3.10. The van der Waals surface area contributed by atoms with E-state index >= 15 is 0 Å². The van der Waals surface area contributed by atoms with Gasteiger partial charge in [0.15, 0.2) is 5.13 Å². The lowest BCUT2D eigenvalue weighted by Gasteiger charge is -2.01. The molecule has 0 unspecified atom stereocenters. The third kappa shape index (κ3) is 2.85. The van der Waals surface area contributed by atoms with Gasteiger partial charge in [0, 0.05) is 19.4 Å². The number of aryl methyl sites for hydroxylation is 2. The maximum atomic E-state index is 12.0. The highest BCUT2D eigenvalue weighted by Crippen LogP contribution is 2.31. The summed E-state index contributed by atoms with van der Waals surface area (Å²) in [4.78, 5) is 17.3. The van der Waals surface area contributed by atoms with E-state index in [1.807, 2.05) is 12.1 Å². The van der Waals surface area contributed by atoms with E-state index in [1.54, 1.807) is 24.1 Å². The molecule has 0 aliphatic heterocycles. The average molecular weight is 298 g/mol. The minimum atomic E-state index is -0.200. The highest BCUT2D eigenvalue weighted by molar-refractivity contribution is 7.19. The molecule has 0 radical (unpaired) electrons. The van der Waals surface area contributed by atoms with Gasteiger partial charge in [0.1, 0.15) is 0 Å². The topological polar surface area (TPSA) is 59.8 Å². The Morgan fingerprint density at radius 2 is 2.10 bits per heavy atom. The van der Waals surface area contributed by atoms with Crippen LogP contribution in [0.25, 0.3) is 10.4 Å². The van der Waals surface area contributed by atoms with Gasteiger partial charge in [-0.1, -0.05) is 35.6 Å². The van der Waals surface area contributed by atoms with Crippen molar-refractivity contribution < 1.29 is 4.79 Å². The zero-order valence-corrected chi connectivity index (χ0v) is 12.5. The van der Waals surface area contributed by atoms with Gasteiger partial charge < -0.3 is 0 Å². The number of amides is 1. The Morgan fingerprint density at radius 1 is 1.29 bits per heavy atom. The Bertz CT molecular complexity index is 790. The lowest BCUT2D eigenvalue weighted by molar-refractivity contribution is 0.102. The summed E-state index contributed by atoms with van der Waals surface area (Å²) in [5.41, 5.74) is 2.84. The average Bonchev–Trinajstić information content (AvgIpc) is 3.08. The van der Waals surface area contributed by atoms with Crippen molar-refractivity contribution in [2.75, 3.05) is 5.32 Å². The fourth-order valence-electron chi connectivity index (χ4n) is 2.01. The highest BCUT2D eigenvalue weighted by atomic mass is 32.1. The maximum absolute atomic E-state index is 12.0. The number of anilines is 1. The van der Waals surface area contributed by atoms with Crippen LogP contribution in [-0.4, -0.2) is 20.7 Å². The molecule has 1 amide bonds. The lowest BCUT2D eigenvalue weighted by atomic mass is 10.1. The molecule has 3 rings (SSSR count). The first kappa shape index (κ1) is 13.5. The molecule has 0 saturated heterocycles. The summed E-state index contributed by atoms with van der Waals surface area (Å²) in [5.74, 6) is -0.200. The fourth-order valence-corrected chi connectivity index (χ4v) is 2.92. The zero-order chi connectivity index (χ0) is 14.8. The summed E-state index contributed by atoms with van der Waals surface area (Å²) in [6.45, 7) is 2.06. The van der Waals surface area contributed by atoms with Crippen LogP contribution in [0.1, 0.15) is 15.9 Å². The van der Waals surface area contributed by atoms with E-state index in [-0.39, 0.29) is 5.91 Å². The van der Waals surface area contributed by atoms with E-state index in [9.17, 15) is 4.79 Å². The summed E-state index contributed by atoms with van der Waals surface area (Å²) < 4.78 is 1.59. The summed E-state index contributed by atoms with van der Waals surface area (Å²) in [7, 11) is 1.77. The van der Waals surface area contributed by atoms with Gasteiger partial charge in [0.2, 0.25) is 0 Å². The highest BCUT2D eigenvalue weighted by Gasteiger charge is 2.12. The number of thiazole rings is 1. The summed E-state index contributed by atoms with van der Waals surface area (Å²) in [6, 6.07) is 8.11. The summed E-state index contributed by atoms with van der Waals surface area (Å²) in [5, 5.41) is 7.36. The zero-order valence-electron chi connectivity index (χ0n) is 11.7. The Labute approximate surface area is 126 Å². The molecule has 0 atom stereocenters. The number of hydrogen-bond acceptors (Lipinski definition) is 4. The van der Waals surface area contributed by atoms with Gasteiger partial charge in [-0.25, -0.2) is 4.98 Å². The minimum Gasteiger partial charge on any atom is -0.298 e. The Balaban J connectivity index is 1.80. The van der Waals surface area contributed by atoms with Crippen molar-refractivity contribution in [3.63, 3.8) is 0 Å². The van der Waals surface area contributed by atoms with Gasteiger partial charge in [0.25, 0.3) is 5.91 Å². The molecule has 21 heavy (non-hydrogen) atoms. The molecular formula is C15H14N4OS. The Kier molecular flexibility index (Phi) is 3.53. The fraction of sp³-hybridized carbons (Fsp3) is 0.133. The van der Waals surface area contributed by atoms with Crippen LogP contribution >= 0.6 is 11.3 Å². The van der Waals surface area contributed by atoms with E-state index in [2.05, 4.69) is 34.5 Å². The molecule has 5 nitrogen and oxygen atoms in total. The standard InChI is InChI=1S/C15H14N4OS/c1-10-5-3-4-6-12(10)13-8-16-15(21-13)18-14(20)11-7-17-19(2)9-11/h3-9H,1-2H3,(H,16,18,20). The number of carbonyl (C=O) groups excluding carboxylic acids is 1. The SMILES string of the molecule is Cc1ccccc1-c1cnc(NC(=O)c2cnn(C)c2)s1. The minimum absolute atomic E-state index is 0.200. The van der Waals surface area contributed by atoms with Crippen LogP contribution in [0.2, 0.25) is 0 Å². The molecule has 0 spiro atoms. The number of aromatic nitrogens is 3. The van der Waals surface area contributed by atoms with Crippen molar-refractivity contribution in [3.8, 4) is 10.4 Å². The van der Waals surface area contributed by atoms with E-state index in [4.69, 9.17) is 0 Å². The molecule has 106 valence electrons. The number of hydrogen-bond donors (Lipinski definition) is 1. The van der Waals surface area contributed by atoms with Crippen LogP contribution in [-0.2, 0) is 7.05 Å². The van der Waals surface area contributed by atoms with Gasteiger partial charge in [-0.2, -0.15) is 5.10 Å². The first-order chi connectivity index (χ1) is 10.1. The number of nitrogens with zero attached hydrogens (tertiary/aromatic N) is 3. The van der Waals surface area contributed by atoms with Crippen molar-refractivity contribution in [1.29, 1.82) is 0 Å². The van der Waals surface area contributed by atoms with Crippen molar-refractivity contribution in [3.05, 3.63) is 54.0 Å². The molecule has 2 heterocycles. The van der Waals surface area contributed by atoms with Gasteiger partial charge in [-0.3, -0.25) is 14.8 Å². The third-order valence-corrected chi connectivity index (χ3v) is 4.05. The van der Waals surface area contributed by atoms with Crippen LogP contribution in [0.15, 0.2) is 42.9 Å². The van der Waals surface area contributed by atoms with Gasteiger partial charge in [-0.05, 0) is 18.1 Å². The lowest BCUT2D eigenvalue weighted by Crippen LogP contribution is -2.10. The van der Waals surface area contributed by atoms with Gasteiger partial charge >= 0.3 is 0 Å². The molecule has 0 saturated carbocycles. The first-order valence-corrected chi connectivity index (χ1v) is 7.27. The molecule has 0 bridgehead atoms. The van der Waals surface area contributed by atoms with Crippen LogP contribution < -0.4 is 5.32 Å². The first-order valence-electron chi connectivity index (χ1n) is 6.45. The molecular weight excluding hydrogens is 284 g/mol. The number of rotatable bonds is 3. The van der Waals surface area contributed by atoms with Crippen molar-refractivity contribution in [2.45, 2.75) is 6.92 Å². The van der Waals surface area contributed by atoms with Crippen LogP contribution in [0.3, 0.4) is 0 Å². The number of benzene rings is 1. The molecule has 0 fully saturated rings. The van der Waals surface area contributed by atoms with Crippen molar-refractivity contribution in [2.24, 2.45) is 7.05 Å². The quantitative estimate of drug-likeness (QED) is 0.808. The molecule has 1 N–H and O–H groups in total. The summed E-state index contributed by atoms with van der Waals surface area (Å²) >= 11 is 1.46. The van der Waals surface area contributed by atoms with Crippen LogP contribution in [0.4, 0.5) is 5.13 Å². The van der Waals surface area contributed by atoms with E-state index in [1.165, 1.54) is 23.1 Å². The second-order valence-electron chi connectivity index (χ2n) is 4.70. The van der Waals surface area contributed by atoms with Crippen molar-refractivity contribution in [1.82, 2.24) is 14.8 Å². The maximum Gasteiger partial charge on any atom is 0.260 e. The number of nitrogens with one attached hydrogen (secondary N) is 1. The molecule has 6 heteroatoms. The summed E-state index contributed by atoms with van der Waals surface area (Å²) in [6.07, 6.45) is 4.99. The van der Waals surface area contributed by atoms with E-state index in [0.717, 1.165) is 10.4 Å². The Hall–Kier alpha value is -2.47. The van der Waals surface area contributed by atoms with E-state index < -0.39 is 0 Å². The largest absolute Gasteiger partial charge is 0.298 e. The normalized spacial score (nSPS) is 10.6.